The zero-order valence-corrected chi connectivity index (χ0v) is 15.0. The van der Waals surface area contributed by atoms with Gasteiger partial charge in [0.1, 0.15) is 4.83 Å². The zero-order chi connectivity index (χ0) is 17.8. The Morgan fingerprint density at radius 2 is 2.04 bits per heavy atom. The van der Waals surface area contributed by atoms with Gasteiger partial charge in [0.05, 0.1) is 23.3 Å². The van der Waals surface area contributed by atoms with Crippen LogP contribution in [0.3, 0.4) is 0 Å². The van der Waals surface area contributed by atoms with Gasteiger partial charge < -0.3 is 15.8 Å². The largest absolute Gasteiger partial charge is 0.377 e. The number of nitrogen functional groups attached to an aromatic ring is 1. The zero-order valence-electron chi connectivity index (χ0n) is 14.2. The van der Waals surface area contributed by atoms with Crippen LogP contribution in [0, 0.1) is 0 Å². The molecule has 2 aromatic heterocycles. The van der Waals surface area contributed by atoms with Gasteiger partial charge >= 0.3 is 0 Å². The van der Waals surface area contributed by atoms with E-state index >= 15 is 0 Å². The first-order valence-corrected chi connectivity index (χ1v) is 8.88. The molecule has 3 aromatic rings. The van der Waals surface area contributed by atoms with Crippen LogP contribution < -0.4 is 11.1 Å². The molecule has 0 aliphatic heterocycles. The van der Waals surface area contributed by atoms with E-state index in [1.807, 2.05) is 50.2 Å². The van der Waals surface area contributed by atoms with Crippen LogP contribution in [-0.4, -0.2) is 35.1 Å². The summed E-state index contributed by atoms with van der Waals surface area (Å²) in [5.41, 5.74) is 7.52. The van der Waals surface area contributed by atoms with Crippen LogP contribution in [0.15, 0.2) is 36.4 Å². The summed E-state index contributed by atoms with van der Waals surface area (Å²) in [6.45, 7) is 4.87. The maximum Gasteiger partial charge on any atom is 0.261 e. The number of carbonyl (C=O) groups excluding carboxylic acids is 1. The number of fused-ring (bicyclic) bond motifs is 1. The van der Waals surface area contributed by atoms with Crippen LogP contribution >= 0.6 is 11.3 Å². The second-order valence-corrected chi connectivity index (χ2v) is 6.83. The molecule has 0 atom stereocenters. The Bertz CT molecular complexity index is 877. The first kappa shape index (κ1) is 17.3. The van der Waals surface area contributed by atoms with Crippen molar-refractivity contribution in [2.75, 3.05) is 18.9 Å². The minimum Gasteiger partial charge on any atom is -0.377 e. The van der Waals surface area contributed by atoms with Gasteiger partial charge in [0, 0.05) is 17.5 Å². The van der Waals surface area contributed by atoms with Crippen molar-refractivity contribution in [1.82, 2.24) is 15.3 Å². The number of anilines is 1. The second-order valence-electron chi connectivity index (χ2n) is 5.80. The lowest BCUT2D eigenvalue weighted by Gasteiger charge is -2.07. The average molecular weight is 356 g/mol. The van der Waals surface area contributed by atoms with Crippen LogP contribution in [0.25, 0.3) is 21.5 Å². The molecule has 0 spiro atoms. The third-order valence-electron chi connectivity index (χ3n) is 3.52. The first-order valence-electron chi connectivity index (χ1n) is 8.07. The lowest BCUT2D eigenvalue weighted by Crippen LogP contribution is -2.27. The van der Waals surface area contributed by atoms with Crippen molar-refractivity contribution >= 4 is 33.4 Å². The van der Waals surface area contributed by atoms with E-state index in [2.05, 4.69) is 15.3 Å². The van der Waals surface area contributed by atoms with E-state index in [9.17, 15) is 4.79 Å². The Kier molecular flexibility index (Phi) is 5.25. The Labute approximate surface area is 150 Å². The van der Waals surface area contributed by atoms with Crippen LogP contribution in [0.4, 0.5) is 5.95 Å². The molecule has 7 heteroatoms. The van der Waals surface area contributed by atoms with Crippen molar-refractivity contribution in [3.05, 3.63) is 41.3 Å². The van der Waals surface area contributed by atoms with Gasteiger partial charge in [-0.15, -0.1) is 11.3 Å². The number of nitrogens with zero attached hydrogens (tertiary/aromatic N) is 2. The van der Waals surface area contributed by atoms with E-state index in [4.69, 9.17) is 10.5 Å². The number of aromatic nitrogens is 2. The van der Waals surface area contributed by atoms with Crippen LogP contribution in [0.5, 0.6) is 0 Å². The highest BCUT2D eigenvalue weighted by Gasteiger charge is 2.16. The average Bonchev–Trinajstić information content (AvgIpc) is 3.02. The molecule has 0 bridgehead atoms. The Balaban J connectivity index is 1.86. The Morgan fingerprint density at radius 1 is 1.28 bits per heavy atom. The van der Waals surface area contributed by atoms with Gasteiger partial charge in [-0.1, -0.05) is 30.3 Å². The van der Waals surface area contributed by atoms with Crippen LogP contribution in [-0.2, 0) is 4.74 Å². The summed E-state index contributed by atoms with van der Waals surface area (Å²) in [7, 11) is 0. The third-order valence-corrected chi connectivity index (χ3v) is 4.55. The summed E-state index contributed by atoms with van der Waals surface area (Å²) < 4.78 is 5.43. The maximum absolute atomic E-state index is 12.4. The molecule has 0 fully saturated rings. The molecule has 0 saturated heterocycles. The van der Waals surface area contributed by atoms with Crippen molar-refractivity contribution in [3.63, 3.8) is 0 Å². The number of amides is 1. The molecule has 3 rings (SSSR count). The number of ether oxygens (including phenoxy) is 1. The minimum atomic E-state index is -0.145. The van der Waals surface area contributed by atoms with Crippen molar-refractivity contribution < 1.29 is 9.53 Å². The topological polar surface area (TPSA) is 90.1 Å². The first-order chi connectivity index (χ1) is 12.0. The van der Waals surface area contributed by atoms with E-state index in [0.717, 1.165) is 16.6 Å². The highest BCUT2D eigenvalue weighted by Crippen LogP contribution is 2.32. The van der Waals surface area contributed by atoms with Crippen molar-refractivity contribution in [1.29, 1.82) is 0 Å². The van der Waals surface area contributed by atoms with Gasteiger partial charge in [0.15, 0.2) is 0 Å². The van der Waals surface area contributed by atoms with Gasteiger partial charge in [-0.2, -0.15) is 0 Å². The molecule has 0 aliphatic rings. The normalized spacial score (nSPS) is 11.2. The summed E-state index contributed by atoms with van der Waals surface area (Å²) in [4.78, 5) is 22.3. The lowest BCUT2D eigenvalue weighted by atomic mass is 10.1. The smallest absolute Gasteiger partial charge is 0.261 e. The molecule has 2 heterocycles. The summed E-state index contributed by atoms with van der Waals surface area (Å²) in [5, 5.41) is 3.68. The molecule has 0 unspecified atom stereocenters. The highest BCUT2D eigenvalue weighted by atomic mass is 32.1. The molecule has 1 amide bonds. The fourth-order valence-electron chi connectivity index (χ4n) is 2.41. The van der Waals surface area contributed by atoms with Crippen molar-refractivity contribution in [2.24, 2.45) is 0 Å². The van der Waals surface area contributed by atoms with Gasteiger partial charge in [-0.25, -0.2) is 9.97 Å². The predicted molar refractivity (Wildman–Crippen MR) is 101 cm³/mol. The molecule has 0 saturated carbocycles. The van der Waals surface area contributed by atoms with E-state index in [0.29, 0.717) is 22.9 Å². The van der Waals surface area contributed by atoms with Crippen LogP contribution in [0.1, 0.15) is 23.5 Å². The number of hydrogen-bond acceptors (Lipinski definition) is 6. The van der Waals surface area contributed by atoms with Gasteiger partial charge in [0.2, 0.25) is 5.95 Å². The Hall–Kier alpha value is -2.51. The minimum absolute atomic E-state index is 0.145. The number of nitrogens with one attached hydrogen (secondary N) is 1. The third kappa shape index (κ3) is 4.12. The SMILES string of the molecule is CC(C)OCCNC(=O)c1cc2c(-c3ccccc3)nc(N)nc2s1. The molecule has 1 aromatic carbocycles. The number of carbonyl (C=O) groups is 1. The van der Waals surface area contributed by atoms with Crippen molar-refractivity contribution in [2.45, 2.75) is 20.0 Å². The maximum atomic E-state index is 12.4. The quantitative estimate of drug-likeness (QED) is 0.662. The molecule has 0 aliphatic carbocycles. The molecule has 6 nitrogen and oxygen atoms in total. The van der Waals surface area contributed by atoms with Gasteiger partial charge in [-0.3, -0.25) is 4.79 Å². The standard InChI is InChI=1S/C18H20N4O2S/c1-11(2)24-9-8-20-16(23)14-10-13-15(12-6-4-3-5-7-12)21-18(19)22-17(13)25-14/h3-7,10-11H,8-9H2,1-2H3,(H,20,23)(H2,19,21,22). The molecule has 3 N–H and O–H groups in total. The van der Waals surface area contributed by atoms with Crippen molar-refractivity contribution in [3.8, 4) is 11.3 Å². The summed E-state index contributed by atoms with van der Waals surface area (Å²) >= 11 is 1.31. The van der Waals surface area contributed by atoms with Gasteiger partial charge in [-0.05, 0) is 19.9 Å². The van der Waals surface area contributed by atoms with E-state index in [1.165, 1.54) is 11.3 Å². The molecular weight excluding hydrogens is 336 g/mol. The fourth-order valence-corrected chi connectivity index (χ4v) is 3.37. The summed E-state index contributed by atoms with van der Waals surface area (Å²) in [5.74, 6) is 0.0541. The number of nitrogens with two attached hydrogens (primary N) is 1. The highest BCUT2D eigenvalue weighted by molar-refractivity contribution is 7.20. The number of benzene rings is 1. The molecular formula is C18H20N4O2S. The molecule has 25 heavy (non-hydrogen) atoms. The fraction of sp³-hybridized carbons (Fsp3) is 0.278. The number of rotatable bonds is 6. The van der Waals surface area contributed by atoms with E-state index < -0.39 is 0 Å². The Morgan fingerprint density at radius 3 is 2.76 bits per heavy atom. The molecule has 0 radical (unpaired) electrons. The summed E-state index contributed by atoms with van der Waals surface area (Å²) in [6.07, 6.45) is 0.146. The lowest BCUT2D eigenvalue weighted by molar-refractivity contribution is 0.0748. The number of thiophene rings is 1. The van der Waals surface area contributed by atoms with E-state index in [1.54, 1.807) is 0 Å². The monoisotopic (exact) mass is 356 g/mol. The second kappa shape index (κ2) is 7.58. The van der Waals surface area contributed by atoms with Gasteiger partial charge in [0.25, 0.3) is 5.91 Å². The van der Waals surface area contributed by atoms with Crippen LogP contribution in [0.2, 0.25) is 0 Å². The molecule has 130 valence electrons. The van der Waals surface area contributed by atoms with E-state index in [-0.39, 0.29) is 18.0 Å². The number of hydrogen-bond donors (Lipinski definition) is 2. The predicted octanol–water partition coefficient (Wildman–Crippen LogP) is 3.10. The summed E-state index contributed by atoms with van der Waals surface area (Å²) in [6, 6.07) is 11.6.